The van der Waals surface area contributed by atoms with E-state index in [1.54, 1.807) is 0 Å². The molecule has 0 saturated heterocycles. The fourth-order valence-corrected chi connectivity index (χ4v) is 1.03. The third-order valence-corrected chi connectivity index (χ3v) is 1.79. The average molecular weight is 236 g/mol. The van der Waals surface area contributed by atoms with Gasteiger partial charge in [-0.3, -0.25) is 4.79 Å². The van der Waals surface area contributed by atoms with Crippen molar-refractivity contribution in [1.29, 1.82) is 0 Å². The van der Waals surface area contributed by atoms with E-state index in [0.29, 0.717) is 0 Å². The van der Waals surface area contributed by atoms with Gasteiger partial charge < -0.3 is 15.9 Å². The average Bonchev–Trinajstić information content (AvgIpc) is 2.09. The molecule has 1 atom stereocenters. The van der Waals surface area contributed by atoms with E-state index < -0.39 is 17.8 Å². The second-order valence-corrected chi connectivity index (χ2v) is 2.92. The maximum atomic E-state index is 13.1. The molecule has 1 rings (SSSR count). The van der Waals surface area contributed by atoms with Gasteiger partial charge in [0.05, 0.1) is 0 Å². The molecule has 0 spiro atoms. The van der Waals surface area contributed by atoms with Gasteiger partial charge >= 0.3 is 5.97 Å². The van der Waals surface area contributed by atoms with Crippen LogP contribution in [0.3, 0.4) is 0 Å². The summed E-state index contributed by atoms with van der Waals surface area (Å²) < 4.78 is 13.1. The number of phenols is 1. The minimum Gasteiger partial charge on any atom is -0.508 e. The number of carboxylic acids is 1. The van der Waals surface area contributed by atoms with Crippen LogP contribution in [0.15, 0.2) is 18.2 Å². The standard InChI is InChI=1S/C9H10FNO3.ClH/c10-7-4-6(12)2-1-5(7)3-8(11)9(13)14;/h1-2,4,8,12H,3,11H2,(H,13,14);1H/t8-;/m1./s1. The van der Waals surface area contributed by atoms with Crippen LogP contribution in [0, 0.1) is 5.82 Å². The van der Waals surface area contributed by atoms with E-state index in [4.69, 9.17) is 15.9 Å². The summed E-state index contributed by atoms with van der Waals surface area (Å²) in [5, 5.41) is 17.4. The Morgan fingerprint density at radius 3 is 2.60 bits per heavy atom. The summed E-state index contributed by atoms with van der Waals surface area (Å²) in [5.41, 5.74) is 5.41. The van der Waals surface area contributed by atoms with E-state index in [1.165, 1.54) is 12.1 Å². The topological polar surface area (TPSA) is 83.5 Å². The van der Waals surface area contributed by atoms with Gasteiger partial charge in [0.1, 0.15) is 17.6 Å². The largest absolute Gasteiger partial charge is 0.508 e. The molecule has 0 aliphatic carbocycles. The SMILES string of the molecule is Cl.N[C@H](Cc1ccc(O)cc1F)C(=O)O. The lowest BCUT2D eigenvalue weighted by molar-refractivity contribution is -0.138. The second kappa shape index (κ2) is 5.53. The van der Waals surface area contributed by atoms with Crippen molar-refractivity contribution in [3.63, 3.8) is 0 Å². The Kier molecular flexibility index (Phi) is 5.04. The van der Waals surface area contributed by atoms with E-state index >= 15 is 0 Å². The molecule has 4 nitrogen and oxygen atoms in total. The quantitative estimate of drug-likeness (QED) is 0.727. The monoisotopic (exact) mass is 235 g/mol. The van der Waals surface area contributed by atoms with Crippen LogP contribution in [0.4, 0.5) is 4.39 Å². The summed E-state index contributed by atoms with van der Waals surface area (Å²) in [6, 6.07) is 2.39. The van der Waals surface area contributed by atoms with Crippen molar-refractivity contribution in [2.24, 2.45) is 5.73 Å². The maximum absolute atomic E-state index is 13.1. The zero-order valence-corrected chi connectivity index (χ0v) is 8.50. The third-order valence-electron chi connectivity index (χ3n) is 1.79. The number of carbonyl (C=O) groups is 1. The van der Waals surface area contributed by atoms with Crippen LogP contribution >= 0.6 is 12.4 Å². The Hall–Kier alpha value is -1.33. The second-order valence-electron chi connectivity index (χ2n) is 2.92. The number of aliphatic carboxylic acids is 1. The normalized spacial score (nSPS) is 11.6. The lowest BCUT2D eigenvalue weighted by atomic mass is 10.1. The fourth-order valence-electron chi connectivity index (χ4n) is 1.03. The first-order chi connectivity index (χ1) is 6.50. The van der Waals surface area contributed by atoms with Crippen LogP contribution in [-0.2, 0) is 11.2 Å². The number of rotatable bonds is 3. The summed E-state index contributed by atoms with van der Waals surface area (Å²) in [6.45, 7) is 0. The van der Waals surface area contributed by atoms with Crippen LogP contribution in [0.25, 0.3) is 0 Å². The molecule has 0 aromatic heterocycles. The van der Waals surface area contributed by atoms with Crippen molar-refractivity contribution in [1.82, 2.24) is 0 Å². The van der Waals surface area contributed by atoms with Crippen LogP contribution in [0.2, 0.25) is 0 Å². The van der Waals surface area contributed by atoms with Crippen molar-refractivity contribution in [2.75, 3.05) is 0 Å². The number of hydrogen-bond acceptors (Lipinski definition) is 3. The number of benzene rings is 1. The summed E-state index contributed by atoms with van der Waals surface area (Å²) in [4.78, 5) is 10.4. The van der Waals surface area contributed by atoms with Crippen LogP contribution in [0.5, 0.6) is 5.75 Å². The van der Waals surface area contributed by atoms with E-state index in [0.717, 1.165) is 6.07 Å². The number of nitrogens with two attached hydrogens (primary N) is 1. The predicted octanol–water partition coefficient (Wildman–Crippen LogP) is 0.908. The molecule has 15 heavy (non-hydrogen) atoms. The Labute approximate surface area is 91.9 Å². The first-order valence-electron chi connectivity index (χ1n) is 3.96. The zero-order valence-electron chi connectivity index (χ0n) is 7.68. The fraction of sp³-hybridized carbons (Fsp3) is 0.222. The molecule has 0 unspecified atom stereocenters. The van der Waals surface area contributed by atoms with Gasteiger partial charge in [-0.2, -0.15) is 0 Å². The van der Waals surface area contributed by atoms with Gasteiger partial charge in [-0.05, 0) is 11.6 Å². The van der Waals surface area contributed by atoms with E-state index in [-0.39, 0.29) is 30.1 Å². The molecule has 0 bridgehead atoms. The molecule has 4 N–H and O–H groups in total. The van der Waals surface area contributed by atoms with Crippen molar-refractivity contribution in [3.8, 4) is 5.75 Å². The van der Waals surface area contributed by atoms with Crippen LogP contribution in [-0.4, -0.2) is 22.2 Å². The molecule has 0 saturated carbocycles. The smallest absolute Gasteiger partial charge is 0.320 e. The minimum absolute atomic E-state index is 0. The van der Waals surface area contributed by atoms with Gasteiger partial charge in [0.25, 0.3) is 0 Å². The molecule has 0 fully saturated rings. The van der Waals surface area contributed by atoms with Gasteiger partial charge in [-0.15, -0.1) is 12.4 Å². The van der Waals surface area contributed by atoms with Crippen molar-refractivity contribution >= 4 is 18.4 Å². The van der Waals surface area contributed by atoms with Gasteiger partial charge in [0, 0.05) is 12.5 Å². The molecule has 1 aromatic rings. The molecular formula is C9H11ClFNO3. The number of carboxylic acid groups (broad SMARTS) is 1. The first-order valence-corrected chi connectivity index (χ1v) is 3.96. The highest BCUT2D eigenvalue weighted by molar-refractivity contribution is 5.85. The Balaban J connectivity index is 0.00000196. The summed E-state index contributed by atoms with van der Waals surface area (Å²) in [7, 11) is 0. The van der Waals surface area contributed by atoms with Gasteiger partial charge in [0.15, 0.2) is 0 Å². The number of halogens is 2. The van der Waals surface area contributed by atoms with Crippen molar-refractivity contribution < 1.29 is 19.4 Å². The third kappa shape index (κ3) is 3.73. The summed E-state index contributed by atoms with van der Waals surface area (Å²) in [5.74, 6) is -2.03. The van der Waals surface area contributed by atoms with E-state index in [9.17, 15) is 9.18 Å². The van der Waals surface area contributed by atoms with Crippen LogP contribution < -0.4 is 5.73 Å². The first kappa shape index (κ1) is 13.7. The molecule has 0 aliphatic rings. The molecule has 0 amide bonds. The van der Waals surface area contributed by atoms with Gasteiger partial charge in [-0.1, -0.05) is 6.07 Å². The summed E-state index contributed by atoms with van der Waals surface area (Å²) >= 11 is 0. The summed E-state index contributed by atoms with van der Waals surface area (Å²) in [6.07, 6.45) is -0.0958. The van der Waals surface area contributed by atoms with Gasteiger partial charge in [0.2, 0.25) is 0 Å². The number of hydrogen-bond donors (Lipinski definition) is 3. The number of aromatic hydroxyl groups is 1. The van der Waals surface area contributed by atoms with Crippen molar-refractivity contribution in [2.45, 2.75) is 12.5 Å². The Bertz CT molecular complexity index is 359. The molecule has 84 valence electrons. The molecule has 0 radical (unpaired) electrons. The molecule has 1 aromatic carbocycles. The zero-order chi connectivity index (χ0) is 10.7. The van der Waals surface area contributed by atoms with Crippen molar-refractivity contribution in [3.05, 3.63) is 29.6 Å². The highest BCUT2D eigenvalue weighted by atomic mass is 35.5. The maximum Gasteiger partial charge on any atom is 0.320 e. The highest BCUT2D eigenvalue weighted by Crippen LogP contribution is 2.15. The Morgan fingerprint density at radius 2 is 2.13 bits per heavy atom. The predicted molar refractivity (Wildman–Crippen MR) is 54.6 cm³/mol. The van der Waals surface area contributed by atoms with E-state index in [2.05, 4.69) is 0 Å². The van der Waals surface area contributed by atoms with E-state index in [1.807, 2.05) is 0 Å². The molecular weight excluding hydrogens is 225 g/mol. The molecule has 0 heterocycles. The minimum atomic E-state index is -1.18. The van der Waals surface area contributed by atoms with Gasteiger partial charge in [-0.25, -0.2) is 4.39 Å². The van der Waals surface area contributed by atoms with Crippen LogP contribution in [0.1, 0.15) is 5.56 Å². The number of phenolic OH excluding ortho intramolecular Hbond substituents is 1. The molecule has 6 heteroatoms. The Morgan fingerprint density at radius 1 is 1.53 bits per heavy atom. The lowest BCUT2D eigenvalue weighted by Gasteiger charge is -2.07. The lowest BCUT2D eigenvalue weighted by Crippen LogP contribution is -2.32. The molecule has 0 aliphatic heterocycles. The highest BCUT2D eigenvalue weighted by Gasteiger charge is 2.14.